The van der Waals surface area contributed by atoms with Gasteiger partial charge in [0, 0.05) is 26.3 Å². The number of ether oxygens (including phenoxy) is 2. The zero-order valence-electron chi connectivity index (χ0n) is 10.2. The fraction of sp³-hybridized carbons (Fsp3) is 0.417. The summed E-state index contributed by atoms with van der Waals surface area (Å²) in [5.41, 5.74) is 0.267. The van der Waals surface area contributed by atoms with Gasteiger partial charge in [-0.3, -0.25) is 4.79 Å². The first-order valence-corrected chi connectivity index (χ1v) is 6.12. The molecule has 0 spiro atoms. The Kier molecular flexibility index (Phi) is 6.24. The van der Waals surface area contributed by atoms with Gasteiger partial charge in [-0.1, -0.05) is 0 Å². The van der Waals surface area contributed by atoms with Crippen LogP contribution in [0.5, 0.6) is 0 Å². The smallest absolute Gasteiger partial charge is 0.251 e. The van der Waals surface area contributed by atoms with Crippen molar-refractivity contribution in [2.75, 3.05) is 27.4 Å². The SMILES string of the molecule is COCC(CNC(=O)c1ccc(Br)c(F)c1)OC. The monoisotopic (exact) mass is 319 g/mol. The van der Waals surface area contributed by atoms with E-state index in [1.165, 1.54) is 19.2 Å². The number of methoxy groups -OCH3 is 2. The van der Waals surface area contributed by atoms with Crippen LogP contribution in [-0.2, 0) is 9.47 Å². The molecule has 0 aliphatic carbocycles. The number of hydrogen-bond donors (Lipinski definition) is 1. The van der Waals surface area contributed by atoms with Crippen molar-refractivity contribution >= 4 is 21.8 Å². The lowest BCUT2D eigenvalue weighted by Gasteiger charge is -2.15. The van der Waals surface area contributed by atoms with Crippen LogP contribution in [0.25, 0.3) is 0 Å². The molecule has 0 fully saturated rings. The summed E-state index contributed by atoms with van der Waals surface area (Å²) in [4.78, 5) is 11.7. The fourth-order valence-electron chi connectivity index (χ4n) is 1.34. The van der Waals surface area contributed by atoms with Crippen LogP contribution in [-0.4, -0.2) is 39.4 Å². The van der Waals surface area contributed by atoms with Crippen LogP contribution >= 0.6 is 15.9 Å². The van der Waals surface area contributed by atoms with E-state index in [0.717, 1.165) is 0 Å². The van der Waals surface area contributed by atoms with Gasteiger partial charge in [-0.15, -0.1) is 0 Å². The van der Waals surface area contributed by atoms with Crippen LogP contribution in [0.2, 0.25) is 0 Å². The molecular formula is C12H15BrFNO3. The summed E-state index contributed by atoms with van der Waals surface area (Å²) in [7, 11) is 3.09. The molecule has 0 aromatic heterocycles. The number of carbonyl (C=O) groups is 1. The molecule has 0 heterocycles. The van der Waals surface area contributed by atoms with Crippen molar-refractivity contribution < 1.29 is 18.7 Å². The fourth-order valence-corrected chi connectivity index (χ4v) is 1.59. The molecule has 1 amide bonds. The molecule has 0 saturated carbocycles. The van der Waals surface area contributed by atoms with Crippen LogP contribution in [0.1, 0.15) is 10.4 Å². The number of hydrogen-bond acceptors (Lipinski definition) is 3. The predicted molar refractivity (Wildman–Crippen MR) is 69.1 cm³/mol. The minimum Gasteiger partial charge on any atom is -0.382 e. The van der Waals surface area contributed by atoms with Gasteiger partial charge in [0.05, 0.1) is 17.2 Å². The Morgan fingerprint density at radius 1 is 1.50 bits per heavy atom. The molecular weight excluding hydrogens is 305 g/mol. The average Bonchev–Trinajstić information content (AvgIpc) is 2.37. The Morgan fingerprint density at radius 2 is 2.22 bits per heavy atom. The van der Waals surface area contributed by atoms with Crippen LogP contribution in [0.4, 0.5) is 4.39 Å². The average molecular weight is 320 g/mol. The second-order valence-electron chi connectivity index (χ2n) is 3.65. The van der Waals surface area contributed by atoms with E-state index in [2.05, 4.69) is 21.2 Å². The van der Waals surface area contributed by atoms with Crippen molar-refractivity contribution in [2.45, 2.75) is 6.10 Å². The van der Waals surface area contributed by atoms with Gasteiger partial charge in [0.1, 0.15) is 5.82 Å². The van der Waals surface area contributed by atoms with E-state index in [1.807, 2.05) is 0 Å². The first-order valence-electron chi connectivity index (χ1n) is 5.33. The van der Waals surface area contributed by atoms with E-state index in [9.17, 15) is 9.18 Å². The Labute approximate surface area is 114 Å². The molecule has 0 bridgehead atoms. The largest absolute Gasteiger partial charge is 0.382 e. The molecule has 1 unspecified atom stereocenters. The highest BCUT2D eigenvalue weighted by Gasteiger charge is 2.12. The molecule has 0 radical (unpaired) electrons. The second-order valence-corrected chi connectivity index (χ2v) is 4.51. The van der Waals surface area contributed by atoms with Crippen LogP contribution in [0.3, 0.4) is 0 Å². The van der Waals surface area contributed by atoms with Crippen LogP contribution in [0.15, 0.2) is 22.7 Å². The molecule has 0 aliphatic rings. The summed E-state index contributed by atoms with van der Waals surface area (Å²) in [6, 6.07) is 4.21. The standard InChI is InChI=1S/C12H15BrFNO3/c1-17-7-9(18-2)6-15-12(16)8-3-4-10(13)11(14)5-8/h3-5,9H,6-7H2,1-2H3,(H,15,16). The zero-order chi connectivity index (χ0) is 13.5. The van der Waals surface area contributed by atoms with Gasteiger partial charge in [-0.25, -0.2) is 4.39 Å². The Bertz CT molecular complexity index is 414. The van der Waals surface area contributed by atoms with Crippen LogP contribution < -0.4 is 5.32 Å². The van der Waals surface area contributed by atoms with E-state index in [-0.39, 0.29) is 17.6 Å². The molecule has 0 aliphatic heterocycles. The number of carbonyl (C=O) groups excluding carboxylic acids is 1. The van der Waals surface area contributed by atoms with Gasteiger partial charge in [0.2, 0.25) is 0 Å². The third-order valence-electron chi connectivity index (χ3n) is 2.36. The molecule has 1 aromatic rings. The summed E-state index contributed by atoms with van der Waals surface area (Å²) in [5.74, 6) is -0.817. The minimum atomic E-state index is -0.470. The Morgan fingerprint density at radius 3 is 2.78 bits per heavy atom. The summed E-state index contributed by atoms with van der Waals surface area (Å²) >= 11 is 3.03. The predicted octanol–water partition coefficient (Wildman–Crippen LogP) is 1.98. The highest BCUT2D eigenvalue weighted by molar-refractivity contribution is 9.10. The molecule has 1 rings (SSSR count). The van der Waals surface area contributed by atoms with Gasteiger partial charge in [-0.2, -0.15) is 0 Å². The van der Waals surface area contributed by atoms with Crippen LogP contribution in [0, 0.1) is 5.82 Å². The number of amides is 1. The lowest BCUT2D eigenvalue weighted by atomic mass is 10.2. The highest BCUT2D eigenvalue weighted by Crippen LogP contribution is 2.16. The number of benzene rings is 1. The maximum absolute atomic E-state index is 13.3. The van der Waals surface area contributed by atoms with E-state index < -0.39 is 5.82 Å². The Balaban J connectivity index is 2.57. The number of halogens is 2. The minimum absolute atomic E-state index is 0.223. The van der Waals surface area contributed by atoms with E-state index in [0.29, 0.717) is 17.6 Å². The van der Waals surface area contributed by atoms with E-state index in [1.54, 1.807) is 13.2 Å². The topological polar surface area (TPSA) is 47.6 Å². The van der Waals surface area contributed by atoms with Crippen molar-refractivity contribution in [3.63, 3.8) is 0 Å². The van der Waals surface area contributed by atoms with Gasteiger partial charge in [0.15, 0.2) is 0 Å². The molecule has 6 heteroatoms. The normalized spacial score (nSPS) is 12.2. The second kappa shape index (κ2) is 7.45. The van der Waals surface area contributed by atoms with E-state index in [4.69, 9.17) is 9.47 Å². The molecule has 100 valence electrons. The molecule has 1 N–H and O–H groups in total. The molecule has 18 heavy (non-hydrogen) atoms. The summed E-state index contributed by atoms with van der Waals surface area (Å²) < 4.78 is 23.6. The van der Waals surface area contributed by atoms with Crippen molar-refractivity contribution in [3.8, 4) is 0 Å². The quantitative estimate of drug-likeness (QED) is 0.872. The maximum atomic E-state index is 13.3. The van der Waals surface area contributed by atoms with Crippen molar-refractivity contribution in [1.82, 2.24) is 5.32 Å². The first kappa shape index (κ1) is 15.1. The van der Waals surface area contributed by atoms with Gasteiger partial charge >= 0.3 is 0 Å². The lowest BCUT2D eigenvalue weighted by Crippen LogP contribution is -2.35. The van der Waals surface area contributed by atoms with Gasteiger partial charge in [-0.05, 0) is 34.1 Å². The third kappa shape index (κ3) is 4.36. The lowest BCUT2D eigenvalue weighted by molar-refractivity contribution is 0.0285. The first-order chi connectivity index (χ1) is 8.58. The third-order valence-corrected chi connectivity index (χ3v) is 3.00. The van der Waals surface area contributed by atoms with E-state index >= 15 is 0 Å². The van der Waals surface area contributed by atoms with Crippen molar-refractivity contribution in [1.29, 1.82) is 0 Å². The summed E-state index contributed by atoms with van der Waals surface area (Å²) in [6.45, 7) is 0.687. The highest BCUT2D eigenvalue weighted by atomic mass is 79.9. The summed E-state index contributed by atoms with van der Waals surface area (Å²) in [5, 5.41) is 2.66. The molecule has 1 aromatic carbocycles. The molecule has 0 saturated heterocycles. The zero-order valence-corrected chi connectivity index (χ0v) is 11.8. The van der Waals surface area contributed by atoms with Crippen molar-refractivity contribution in [2.24, 2.45) is 0 Å². The van der Waals surface area contributed by atoms with Gasteiger partial charge < -0.3 is 14.8 Å². The summed E-state index contributed by atoms with van der Waals surface area (Å²) in [6.07, 6.45) is -0.223. The number of nitrogens with one attached hydrogen (secondary N) is 1. The number of rotatable bonds is 6. The van der Waals surface area contributed by atoms with Crippen molar-refractivity contribution in [3.05, 3.63) is 34.1 Å². The molecule has 4 nitrogen and oxygen atoms in total. The Hall–Kier alpha value is -0.980. The molecule has 1 atom stereocenters. The van der Waals surface area contributed by atoms with Gasteiger partial charge in [0.25, 0.3) is 5.91 Å². The maximum Gasteiger partial charge on any atom is 0.251 e.